The number of nitrogens with zero attached hydrogens (tertiary/aromatic N) is 2. The van der Waals surface area contributed by atoms with Gasteiger partial charge in [0.15, 0.2) is 0 Å². The van der Waals surface area contributed by atoms with Crippen molar-refractivity contribution in [3.63, 3.8) is 0 Å². The van der Waals surface area contributed by atoms with Gasteiger partial charge in [-0.05, 0) is 36.1 Å². The number of esters is 1. The van der Waals surface area contributed by atoms with Crippen LogP contribution in [0.4, 0.5) is 0 Å². The third-order valence-corrected chi connectivity index (χ3v) is 7.74. The normalized spacial score (nSPS) is 13.8. The number of aromatic nitrogens is 1. The number of sulfonamides is 1. The number of rotatable bonds is 7. The number of hydrogen-bond donors (Lipinski definition) is 0. The Morgan fingerprint density at radius 2 is 1.75 bits per heavy atom. The summed E-state index contributed by atoms with van der Waals surface area (Å²) in [5.74, 6) is -0.537. The van der Waals surface area contributed by atoms with E-state index in [4.69, 9.17) is 4.74 Å². The summed E-state index contributed by atoms with van der Waals surface area (Å²) in [6.07, 6.45) is 2.23. The molecule has 8 heteroatoms. The van der Waals surface area contributed by atoms with Crippen molar-refractivity contribution in [3.8, 4) is 0 Å². The van der Waals surface area contributed by atoms with Gasteiger partial charge in [0.05, 0.1) is 11.6 Å². The molecule has 2 heterocycles. The van der Waals surface area contributed by atoms with E-state index in [2.05, 4.69) is 4.98 Å². The van der Waals surface area contributed by atoms with E-state index in [1.54, 1.807) is 36.6 Å². The lowest BCUT2D eigenvalue weighted by Gasteiger charge is -2.31. The van der Waals surface area contributed by atoms with Gasteiger partial charge in [-0.2, -0.15) is 4.31 Å². The molecule has 0 aliphatic heterocycles. The molecule has 0 N–H and O–H groups in total. The highest BCUT2D eigenvalue weighted by Gasteiger charge is 2.34. The van der Waals surface area contributed by atoms with Crippen LogP contribution < -0.4 is 0 Å². The van der Waals surface area contributed by atoms with Crippen molar-refractivity contribution in [3.05, 3.63) is 83.5 Å². The van der Waals surface area contributed by atoms with Gasteiger partial charge in [-0.1, -0.05) is 36.4 Å². The molecule has 6 nitrogen and oxygen atoms in total. The summed E-state index contributed by atoms with van der Waals surface area (Å²) >= 11 is 1.15. The zero-order valence-electron chi connectivity index (χ0n) is 15.4. The van der Waals surface area contributed by atoms with Crippen molar-refractivity contribution in [2.24, 2.45) is 0 Å². The zero-order valence-corrected chi connectivity index (χ0v) is 17.1. The molecule has 1 aromatic carbocycles. The molecule has 0 unspecified atom stereocenters. The van der Waals surface area contributed by atoms with Crippen molar-refractivity contribution < 1.29 is 17.9 Å². The lowest BCUT2D eigenvalue weighted by atomic mass is 10.0. The first-order chi connectivity index (χ1) is 13.4. The Morgan fingerprint density at radius 1 is 1.07 bits per heavy atom. The van der Waals surface area contributed by atoms with E-state index in [1.807, 2.05) is 30.3 Å². The highest BCUT2D eigenvalue weighted by atomic mass is 32.2. The molecule has 0 amide bonds. The molecule has 0 saturated carbocycles. The molecule has 0 aliphatic rings. The molecule has 0 radical (unpaired) electrons. The number of hydrogen-bond acceptors (Lipinski definition) is 6. The number of thiophene rings is 1. The first-order valence-electron chi connectivity index (χ1n) is 8.59. The topological polar surface area (TPSA) is 76.6 Å². The van der Waals surface area contributed by atoms with Crippen LogP contribution >= 0.6 is 11.3 Å². The predicted octanol–water partition coefficient (Wildman–Crippen LogP) is 3.75. The van der Waals surface area contributed by atoms with E-state index in [9.17, 15) is 13.2 Å². The molecule has 0 aliphatic carbocycles. The van der Waals surface area contributed by atoms with Gasteiger partial charge in [0.25, 0.3) is 10.0 Å². The van der Waals surface area contributed by atoms with Crippen LogP contribution in [0.2, 0.25) is 0 Å². The lowest BCUT2D eigenvalue weighted by Crippen LogP contribution is -2.40. The quantitative estimate of drug-likeness (QED) is 0.548. The molecule has 0 spiro atoms. The molecular weight excluding hydrogens is 396 g/mol. The fourth-order valence-electron chi connectivity index (χ4n) is 2.72. The van der Waals surface area contributed by atoms with Gasteiger partial charge in [0.2, 0.25) is 0 Å². The number of benzene rings is 1. The fourth-order valence-corrected chi connectivity index (χ4v) is 5.26. The maximum atomic E-state index is 12.9. The average molecular weight is 417 g/mol. The maximum absolute atomic E-state index is 12.9. The smallest absolute Gasteiger partial charge is 0.338 e. The zero-order chi connectivity index (χ0) is 20.1. The van der Waals surface area contributed by atoms with Gasteiger partial charge < -0.3 is 4.74 Å². The number of pyridine rings is 1. The summed E-state index contributed by atoms with van der Waals surface area (Å²) in [5, 5.41) is 1.71. The standard InChI is InChI=1S/C20H20N2O4S2/c1-15(22(2)28(24,25)18-9-6-14-27-18)19(16-7-4-3-5-8-16)26-20(23)17-10-12-21-13-11-17/h3-15,19H,1-2H3/t15-,19-/m0/s1. The molecule has 28 heavy (non-hydrogen) atoms. The van der Waals surface area contributed by atoms with Crippen LogP contribution in [0, 0.1) is 0 Å². The highest BCUT2D eigenvalue weighted by molar-refractivity contribution is 7.91. The third-order valence-electron chi connectivity index (χ3n) is 4.42. The molecule has 2 aromatic heterocycles. The fraction of sp³-hybridized carbons (Fsp3) is 0.200. The molecular formula is C20H20N2O4S2. The summed E-state index contributed by atoms with van der Waals surface area (Å²) in [5.41, 5.74) is 1.07. The molecule has 146 valence electrons. The second kappa shape index (κ2) is 8.64. The number of carbonyl (C=O) groups is 1. The monoisotopic (exact) mass is 416 g/mol. The van der Waals surface area contributed by atoms with E-state index in [-0.39, 0.29) is 4.21 Å². The van der Waals surface area contributed by atoms with Crippen molar-refractivity contribution >= 4 is 27.3 Å². The van der Waals surface area contributed by atoms with Crippen LogP contribution in [-0.2, 0) is 14.8 Å². The van der Waals surface area contributed by atoms with Crippen molar-refractivity contribution in [2.75, 3.05) is 7.05 Å². The first kappa shape index (κ1) is 20.2. The second-order valence-electron chi connectivity index (χ2n) is 6.17. The number of ether oxygens (including phenoxy) is 1. The summed E-state index contributed by atoms with van der Waals surface area (Å²) < 4.78 is 33.1. The van der Waals surface area contributed by atoms with Crippen molar-refractivity contribution in [1.29, 1.82) is 0 Å². The lowest BCUT2D eigenvalue weighted by molar-refractivity contribution is 0.0146. The van der Waals surface area contributed by atoms with Gasteiger partial charge in [-0.15, -0.1) is 11.3 Å². The molecule has 0 bridgehead atoms. The van der Waals surface area contributed by atoms with Crippen LogP contribution in [-0.4, -0.2) is 36.8 Å². The number of carbonyl (C=O) groups excluding carboxylic acids is 1. The maximum Gasteiger partial charge on any atom is 0.338 e. The van der Waals surface area contributed by atoms with E-state index < -0.39 is 28.1 Å². The first-order valence-corrected chi connectivity index (χ1v) is 10.9. The Labute approximate surface area is 168 Å². The van der Waals surface area contributed by atoms with E-state index in [1.165, 1.54) is 23.7 Å². The van der Waals surface area contributed by atoms with Crippen molar-refractivity contribution in [2.45, 2.75) is 23.3 Å². The Hall–Kier alpha value is -2.55. The Bertz CT molecular complexity index is 1010. The van der Waals surface area contributed by atoms with Crippen LogP contribution in [0.3, 0.4) is 0 Å². The highest BCUT2D eigenvalue weighted by Crippen LogP contribution is 2.30. The van der Waals surface area contributed by atoms with Crippen molar-refractivity contribution in [1.82, 2.24) is 9.29 Å². The summed E-state index contributed by atoms with van der Waals surface area (Å²) in [6, 6.07) is 14.9. The van der Waals surface area contributed by atoms with Crippen LogP contribution in [0.15, 0.2) is 76.6 Å². The largest absolute Gasteiger partial charge is 0.452 e. The van der Waals surface area contributed by atoms with E-state index in [0.717, 1.165) is 11.3 Å². The number of likely N-dealkylation sites (N-methyl/N-ethyl adjacent to an activating group) is 1. The van der Waals surface area contributed by atoms with Gasteiger partial charge in [-0.25, -0.2) is 13.2 Å². The molecule has 3 rings (SSSR count). The summed E-state index contributed by atoms with van der Waals surface area (Å²) in [7, 11) is -2.20. The minimum absolute atomic E-state index is 0.245. The minimum Gasteiger partial charge on any atom is -0.452 e. The Balaban J connectivity index is 1.91. The van der Waals surface area contributed by atoms with Gasteiger partial charge in [0, 0.05) is 19.4 Å². The van der Waals surface area contributed by atoms with Gasteiger partial charge >= 0.3 is 5.97 Å². The van der Waals surface area contributed by atoms with E-state index >= 15 is 0 Å². The van der Waals surface area contributed by atoms with Gasteiger partial charge in [-0.3, -0.25) is 4.98 Å². The summed E-state index contributed by atoms with van der Waals surface area (Å²) in [4.78, 5) is 16.5. The molecule has 0 fully saturated rings. The second-order valence-corrected chi connectivity index (χ2v) is 9.34. The Morgan fingerprint density at radius 3 is 2.36 bits per heavy atom. The molecule has 2 atom stereocenters. The average Bonchev–Trinajstić information content (AvgIpc) is 3.28. The van der Waals surface area contributed by atoms with Crippen LogP contribution in [0.5, 0.6) is 0 Å². The SMILES string of the molecule is C[C@@H]([C@H](OC(=O)c1ccncc1)c1ccccc1)N(C)S(=O)(=O)c1cccs1. The minimum atomic E-state index is -3.70. The summed E-state index contributed by atoms with van der Waals surface area (Å²) in [6.45, 7) is 1.72. The third kappa shape index (κ3) is 4.30. The molecule has 0 saturated heterocycles. The Kier molecular flexibility index (Phi) is 6.23. The van der Waals surface area contributed by atoms with Crippen LogP contribution in [0.1, 0.15) is 28.9 Å². The predicted molar refractivity (Wildman–Crippen MR) is 108 cm³/mol. The van der Waals surface area contributed by atoms with Crippen LogP contribution in [0.25, 0.3) is 0 Å². The van der Waals surface area contributed by atoms with E-state index in [0.29, 0.717) is 11.1 Å². The van der Waals surface area contributed by atoms with Gasteiger partial charge in [0.1, 0.15) is 10.3 Å². The molecule has 3 aromatic rings.